The van der Waals surface area contributed by atoms with Gasteiger partial charge in [0.1, 0.15) is 10.8 Å². The van der Waals surface area contributed by atoms with Gasteiger partial charge in [-0.05, 0) is 101 Å². The van der Waals surface area contributed by atoms with Crippen LogP contribution in [0.4, 0.5) is 0 Å². The average Bonchev–Trinajstić information content (AvgIpc) is 4.05. The van der Waals surface area contributed by atoms with Crippen LogP contribution in [0.15, 0.2) is 170 Å². The Morgan fingerprint density at radius 3 is 1.97 bits per heavy atom. The summed E-state index contributed by atoms with van der Waals surface area (Å²) in [6, 6.07) is 56.7. The Labute approximate surface area is 348 Å². The second-order valence-corrected chi connectivity index (χ2v) is 17.3. The van der Waals surface area contributed by atoms with Crippen molar-refractivity contribution in [2.24, 2.45) is 0 Å². The minimum absolute atomic E-state index is 0.103. The second-order valence-electron chi connectivity index (χ2n) is 16.3. The van der Waals surface area contributed by atoms with Crippen LogP contribution in [-0.2, 0) is 5.41 Å². The van der Waals surface area contributed by atoms with Gasteiger partial charge in [0.15, 0.2) is 0 Å². The highest BCUT2D eigenvalue weighted by Crippen LogP contribution is 2.51. The molecule has 1 aliphatic rings. The number of rotatable bonds is 4. The molecule has 12 aromatic rings. The molecule has 0 unspecified atom stereocenters. The number of hydrogen-bond donors (Lipinski definition) is 0. The largest absolute Gasteiger partial charge is 0.309 e. The molecule has 0 fully saturated rings. The van der Waals surface area contributed by atoms with E-state index in [0.717, 1.165) is 71.7 Å². The molecule has 0 aliphatic heterocycles. The SMILES string of the molecule is CC1(C)c2ccccc2-c2cc3c4ccccc4n(-c4ccc(-n5c(-c6ccc(-c7nc8ccccc8s7)cc6)nc6c7cccnc7c7ncccc7c65)cc4)c3cc21. The number of aromatic nitrogens is 6. The minimum atomic E-state index is -0.103. The molecule has 0 N–H and O–H groups in total. The van der Waals surface area contributed by atoms with Gasteiger partial charge in [-0.3, -0.25) is 14.5 Å². The summed E-state index contributed by atoms with van der Waals surface area (Å²) in [6.45, 7) is 4.70. The molecule has 0 amide bonds. The number of benzene rings is 7. The quantitative estimate of drug-likeness (QED) is 0.167. The summed E-state index contributed by atoms with van der Waals surface area (Å²) >= 11 is 1.71. The van der Waals surface area contributed by atoms with Gasteiger partial charge in [-0.25, -0.2) is 9.97 Å². The van der Waals surface area contributed by atoms with Crippen molar-refractivity contribution in [1.29, 1.82) is 0 Å². The van der Waals surface area contributed by atoms with E-state index in [1.165, 1.54) is 48.8 Å². The molecule has 0 saturated heterocycles. The Hall–Kier alpha value is -7.48. The summed E-state index contributed by atoms with van der Waals surface area (Å²) in [7, 11) is 0. The zero-order valence-corrected chi connectivity index (χ0v) is 33.6. The number of thiazole rings is 1. The monoisotopic (exact) mass is 786 g/mol. The van der Waals surface area contributed by atoms with Crippen molar-refractivity contribution in [3.8, 4) is 44.5 Å². The smallest absolute Gasteiger partial charge is 0.145 e. The van der Waals surface area contributed by atoms with Crippen molar-refractivity contribution in [3.63, 3.8) is 0 Å². The van der Waals surface area contributed by atoms with E-state index in [4.69, 9.17) is 19.9 Å². The number of pyridine rings is 2. The van der Waals surface area contributed by atoms with Crippen LogP contribution in [0.1, 0.15) is 25.0 Å². The van der Waals surface area contributed by atoms with E-state index >= 15 is 0 Å². The maximum atomic E-state index is 5.47. The first-order valence-electron chi connectivity index (χ1n) is 20.3. The summed E-state index contributed by atoms with van der Waals surface area (Å²) in [5, 5.41) is 5.50. The lowest BCUT2D eigenvalue weighted by molar-refractivity contribution is 0.661. The van der Waals surface area contributed by atoms with Gasteiger partial charge in [-0.15, -0.1) is 11.3 Å². The molecule has 6 nitrogen and oxygen atoms in total. The first-order chi connectivity index (χ1) is 29.5. The first kappa shape index (κ1) is 33.5. The Kier molecular flexibility index (Phi) is 6.85. The summed E-state index contributed by atoms with van der Waals surface area (Å²) in [5.41, 5.74) is 16.5. The summed E-state index contributed by atoms with van der Waals surface area (Å²) in [4.78, 5) is 20.1. The second kappa shape index (κ2) is 12.3. The average molecular weight is 787 g/mol. The lowest BCUT2D eigenvalue weighted by Crippen LogP contribution is -2.14. The third-order valence-electron chi connectivity index (χ3n) is 12.7. The van der Waals surface area contributed by atoms with E-state index in [1.54, 1.807) is 11.3 Å². The Morgan fingerprint density at radius 1 is 0.483 bits per heavy atom. The molecule has 60 heavy (non-hydrogen) atoms. The van der Waals surface area contributed by atoms with Gasteiger partial charge in [0.05, 0.1) is 43.3 Å². The van der Waals surface area contributed by atoms with Crippen LogP contribution in [0.3, 0.4) is 0 Å². The molecule has 7 aromatic carbocycles. The van der Waals surface area contributed by atoms with Crippen LogP contribution >= 0.6 is 11.3 Å². The molecule has 0 radical (unpaired) electrons. The van der Waals surface area contributed by atoms with E-state index < -0.39 is 0 Å². The standard InChI is InChI=1S/C53H34N6S/c1-53(2)41-15-5-3-11-35(41)39-29-40-36-12-4-7-17-44(36)58(45(40)30-42(39)53)33-23-25-34(26-24-33)59-50-38-14-10-28-55-48(38)47-37(13-9-27-54-47)49(50)57-51(59)31-19-21-32(22-20-31)52-56-43-16-6-8-18-46(43)60-52/h3-30H,1-2H3. The van der Waals surface area contributed by atoms with Crippen molar-refractivity contribution in [1.82, 2.24) is 29.1 Å². The molecular formula is C53H34N6S. The molecule has 0 atom stereocenters. The van der Waals surface area contributed by atoms with Crippen LogP contribution in [0.5, 0.6) is 0 Å². The van der Waals surface area contributed by atoms with Gasteiger partial charge in [-0.1, -0.05) is 92.7 Å². The number of fused-ring (bicyclic) bond motifs is 13. The van der Waals surface area contributed by atoms with Gasteiger partial charge < -0.3 is 4.57 Å². The first-order valence-corrected chi connectivity index (χ1v) is 21.1. The number of para-hydroxylation sites is 2. The zero-order valence-electron chi connectivity index (χ0n) is 32.8. The van der Waals surface area contributed by atoms with E-state index in [2.05, 4.69) is 163 Å². The predicted molar refractivity (Wildman–Crippen MR) is 248 cm³/mol. The fraction of sp³-hybridized carbons (Fsp3) is 0.0566. The fourth-order valence-corrected chi connectivity index (χ4v) is 10.8. The van der Waals surface area contributed by atoms with Crippen LogP contribution in [0.2, 0.25) is 0 Å². The van der Waals surface area contributed by atoms with Gasteiger partial charge in [0, 0.05) is 61.9 Å². The lowest BCUT2D eigenvalue weighted by atomic mass is 9.82. The number of nitrogens with zero attached hydrogens (tertiary/aromatic N) is 6. The third-order valence-corrected chi connectivity index (χ3v) is 13.7. The zero-order chi connectivity index (χ0) is 39.7. The van der Waals surface area contributed by atoms with Crippen LogP contribution in [0.25, 0.3) is 109 Å². The molecule has 0 saturated carbocycles. The van der Waals surface area contributed by atoms with Crippen LogP contribution < -0.4 is 0 Å². The molecule has 0 spiro atoms. The van der Waals surface area contributed by atoms with E-state index in [9.17, 15) is 0 Å². The van der Waals surface area contributed by atoms with Crippen molar-refractivity contribution >= 4 is 76.2 Å². The van der Waals surface area contributed by atoms with Gasteiger partial charge >= 0.3 is 0 Å². The Balaban J connectivity index is 1.02. The molecule has 1 aliphatic carbocycles. The molecule has 5 heterocycles. The summed E-state index contributed by atoms with van der Waals surface area (Å²) < 4.78 is 5.92. The van der Waals surface area contributed by atoms with E-state index in [-0.39, 0.29) is 5.41 Å². The highest BCUT2D eigenvalue weighted by Gasteiger charge is 2.36. The summed E-state index contributed by atoms with van der Waals surface area (Å²) in [5.74, 6) is 0.851. The molecule has 7 heteroatoms. The molecular weight excluding hydrogens is 753 g/mol. The number of hydrogen-bond acceptors (Lipinski definition) is 5. The van der Waals surface area contributed by atoms with Gasteiger partial charge in [0.2, 0.25) is 0 Å². The van der Waals surface area contributed by atoms with Crippen molar-refractivity contribution in [2.75, 3.05) is 0 Å². The third kappa shape index (κ3) is 4.63. The van der Waals surface area contributed by atoms with E-state index in [1.807, 2.05) is 30.6 Å². The normalized spacial score (nSPS) is 13.3. The molecule has 282 valence electrons. The molecule has 13 rings (SSSR count). The van der Waals surface area contributed by atoms with Crippen LogP contribution in [0, 0.1) is 0 Å². The maximum absolute atomic E-state index is 5.47. The van der Waals surface area contributed by atoms with Crippen LogP contribution in [-0.4, -0.2) is 29.1 Å². The van der Waals surface area contributed by atoms with Crippen molar-refractivity contribution in [3.05, 3.63) is 181 Å². The lowest BCUT2D eigenvalue weighted by Gasteiger charge is -2.21. The van der Waals surface area contributed by atoms with Gasteiger partial charge in [0.25, 0.3) is 0 Å². The predicted octanol–water partition coefficient (Wildman–Crippen LogP) is 13.5. The topological polar surface area (TPSA) is 61.4 Å². The number of imidazole rings is 1. The van der Waals surface area contributed by atoms with Gasteiger partial charge in [-0.2, -0.15) is 0 Å². The highest BCUT2D eigenvalue weighted by molar-refractivity contribution is 7.21. The Bertz CT molecular complexity index is 3710. The fourth-order valence-electron chi connectivity index (χ4n) is 9.82. The Morgan fingerprint density at radius 2 is 1.15 bits per heavy atom. The van der Waals surface area contributed by atoms with Crippen molar-refractivity contribution < 1.29 is 0 Å². The van der Waals surface area contributed by atoms with E-state index in [0.29, 0.717) is 0 Å². The molecule has 5 aromatic heterocycles. The highest BCUT2D eigenvalue weighted by atomic mass is 32.1. The summed E-state index contributed by atoms with van der Waals surface area (Å²) in [6.07, 6.45) is 3.68. The maximum Gasteiger partial charge on any atom is 0.145 e. The minimum Gasteiger partial charge on any atom is -0.309 e. The molecule has 0 bridgehead atoms. The van der Waals surface area contributed by atoms with Crippen molar-refractivity contribution in [2.45, 2.75) is 19.3 Å².